The molecule has 5 nitrogen and oxygen atoms in total. The number of ether oxygens (including phenoxy) is 1. The van der Waals surface area contributed by atoms with E-state index < -0.39 is 0 Å². The fourth-order valence-corrected chi connectivity index (χ4v) is 2.58. The van der Waals surface area contributed by atoms with Crippen molar-refractivity contribution >= 4 is 5.95 Å². The third kappa shape index (κ3) is 3.35. The summed E-state index contributed by atoms with van der Waals surface area (Å²) in [5, 5.41) is 3.42. The molecule has 1 unspecified atom stereocenters. The van der Waals surface area contributed by atoms with Crippen LogP contribution in [0.2, 0.25) is 0 Å². The molecule has 2 aliphatic rings. The molecule has 5 heteroatoms. The van der Waals surface area contributed by atoms with Crippen LogP contribution in [0.1, 0.15) is 33.1 Å². The second kappa shape index (κ2) is 5.33. The van der Waals surface area contributed by atoms with Crippen molar-refractivity contribution in [2.45, 2.75) is 51.3 Å². The Kier molecular flexibility index (Phi) is 3.55. The number of aromatic nitrogens is 2. The quantitative estimate of drug-likeness (QED) is 0.878. The molecule has 0 spiro atoms. The number of anilines is 1. The molecule has 1 aliphatic heterocycles. The Balaban J connectivity index is 1.57. The van der Waals surface area contributed by atoms with Crippen molar-refractivity contribution in [1.29, 1.82) is 0 Å². The highest BCUT2D eigenvalue weighted by molar-refractivity contribution is 5.29. The van der Waals surface area contributed by atoms with Gasteiger partial charge in [-0.3, -0.25) is 4.90 Å². The van der Waals surface area contributed by atoms with E-state index in [0.717, 1.165) is 12.6 Å². The van der Waals surface area contributed by atoms with E-state index in [-0.39, 0.29) is 6.10 Å². The lowest BCUT2D eigenvalue weighted by molar-refractivity contribution is 0.232. The number of hydrogen-bond donors (Lipinski definition) is 1. The summed E-state index contributed by atoms with van der Waals surface area (Å²) in [7, 11) is 0. The number of rotatable bonds is 5. The topological polar surface area (TPSA) is 50.3 Å². The van der Waals surface area contributed by atoms with E-state index in [1.165, 1.54) is 25.8 Å². The van der Waals surface area contributed by atoms with Gasteiger partial charge < -0.3 is 10.1 Å². The van der Waals surface area contributed by atoms with E-state index in [0.29, 0.717) is 17.9 Å². The molecule has 104 valence electrons. The van der Waals surface area contributed by atoms with E-state index >= 15 is 0 Å². The summed E-state index contributed by atoms with van der Waals surface area (Å²) in [6, 6.07) is 3.12. The second-order valence-electron chi connectivity index (χ2n) is 5.74. The van der Waals surface area contributed by atoms with Crippen molar-refractivity contribution in [3.8, 4) is 5.88 Å². The van der Waals surface area contributed by atoms with Crippen LogP contribution >= 0.6 is 0 Å². The van der Waals surface area contributed by atoms with Gasteiger partial charge in [0.15, 0.2) is 0 Å². The van der Waals surface area contributed by atoms with Gasteiger partial charge in [-0.1, -0.05) is 0 Å². The van der Waals surface area contributed by atoms with Gasteiger partial charge in [0.25, 0.3) is 0 Å². The van der Waals surface area contributed by atoms with Crippen molar-refractivity contribution in [3.05, 3.63) is 12.3 Å². The van der Waals surface area contributed by atoms with Gasteiger partial charge in [-0.25, -0.2) is 4.98 Å². The maximum absolute atomic E-state index is 5.59. The number of likely N-dealkylation sites (tertiary alicyclic amines) is 1. The van der Waals surface area contributed by atoms with Crippen LogP contribution < -0.4 is 10.1 Å². The molecule has 19 heavy (non-hydrogen) atoms. The summed E-state index contributed by atoms with van der Waals surface area (Å²) >= 11 is 0. The third-order valence-corrected chi connectivity index (χ3v) is 3.60. The summed E-state index contributed by atoms with van der Waals surface area (Å²) in [6.07, 6.45) is 5.82. The lowest BCUT2D eigenvalue weighted by Gasteiger charge is -2.16. The molecule has 1 N–H and O–H groups in total. The maximum atomic E-state index is 5.59. The number of hydrogen-bond acceptors (Lipinski definition) is 5. The Hall–Kier alpha value is -1.36. The van der Waals surface area contributed by atoms with Gasteiger partial charge in [0.2, 0.25) is 11.8 Å². The van der Waals surface area contributed by atoms with Crippen molar-refractivity contribution in [2.24, 2.45) is 0 Å². The van der Waals surface area contributed by atoms with Crippen LogP contribution in [0.5, 0.6) is 5.88 Å². The summed E-state index contributed by atoms with van der Waals surface area (Å²) < 4.78 is 5.59. The van der Waals surface area contributed by atoms with E-state index in [4.69, 9.17) is 4.74 Å². The first kappa shape index (κ1) is 12.7. The summed E-state index contributed by atoms with van der Waals surface area (Å²) in [4.78, 5) is 11.2. The van der Waals surface area contributed by atoms with Gasteiger partial charge in [0.1, 0.15) is 0 Å². The van der Waals surface area contributed by atoms with Crippen LogP contribution in [-0.4, -0.2) is 46.1 Å². The summed E-state index contributed by atoms with van der Waals surface area (Å²) in [5.74, 6) is 1.32. The van der Waals surface area contributed by atoms with Crippen molar-refractivity contribution < 1.29 is 4.74 Å². The average Bonchev–Trinajstić information content (AvgIpc) is 3.10. The highest BCUT2D eigenvalue weighted by atomic mass is 16.5. The zero-order chi connectivity index (χ0) is 13.2. The Labute approximate surface area is 114 Å². The highest BCUT2D eigenvalue weighted by Gasteiger charge is 2.34. The third-order valence-electron chi connectivity index (χ3n) is 3.60. The van der Waals surface area contributed by atoms with E-state index in [2.05, 4.69) is 20.2 Å². The molecular weight excluding hydrogens is 240 g/mol. The zero-order valence-corrected chi connectivity index (χ0v) is 11.7. The van der Waals surface area contributed by atoms with Gasteiger partial charge in [-0.2, -0.15) is 4.98 Å². The molecule has 1 saturated carbocycles. The lowest BCUT2D eigenvalue weighted by Crippen LogP contribution is -2.28. The Bertz CT molecular complexity index is 433. The minimum Gasteiger partial charge on any atom is -0.475 e. The summed E-state index contributed by atoms with van der Waals surface area (Å²) in [5.41, 5.74) is 0. The fourth-order valence-electron chi connectivity index (χ4n) is 2.58. The van der Waals surface area contributed by atoms with Crippen LogP contribution in [0.3, 0.4) is 0 Å². The van der Waals surface area contributed by atoms with Crippen molar-refractivity contribution in [1.82, 2.24) is 14.9 Å². The Morgan fingerprint density at radius 3 is 2.95 bits per heavy atom. The van der Waals surface area contributed by atoms with Gasteiger partial charge in [0.05, 0.1) is 6.10 Å². The van der Waals surface area contributed by atoms with E-state index in [9.17, 15) is 0 Å². The molecule has 1 saturated heterocycles. The monoisotopic (exact) mass is 262 g/mol. The molecule has 1 aromatic heterocycles. The molecule has 1 atom stereocenters. The van der Waals surface area contributed by atoms with Crippen LogP contribution in [0.15, 0.2) is 12.3 Å². The molecule has 0 radical (unpaired) electrons. The van der Waals surface area contributed by atoms with Crippen molar-refractivity contribution in [2.75, 3.05) is 18.4 Å². The smallest absolute Gasteiger partial charge is 0.226 e. The predicted molar refractivity (Wildman–Crippen MR) is 74.4 cm³/mol. The number of nitrogens with zero attached hydrogens (tertiary/aromatic N) is 3. The minimum atomic E-state index is 0.139. The minimum absolute atomic E-state index is 0.139. The zero-order valence-electron chi connectivity index (χ0n) is 11.7. The normalized spacial score (nSPS) is 23.8. The largest absolute Gasteiger partial charge is 0.475 e. The molecule has 1 aliphatic carbocycles. The molecule has 2 fully saturated rings. The molecule has 2 heterocycles. The first-order valence-electron chi connectivity index (χ1n) is 7.21. The molecular formula is C14H22N4O. The second-order valence-corrected chi connectivity index (χ2v) is 5.74. The molecule has 1 aromatic rings. The van der Waals surface area contributed by atoms with Gasteiger partial charge in [0, 0.05) is 37.4 Å². The average molecular weight is 262 g/mol. The Morgan fingerprint density at radius 1 is 1.37 bits per heavy atom. The highest BCUT2D eigenvalue weighted by Crippen LogP contribution is 2.30. The lowest BCUT2D eigenvalue weighted by atomic mass is 10.3. The SMILES string of the molecule is CC(C)Oc1ccnc(NC2CCN(C3CC3)C2)n1. The predicted octanol–water partition coefficient (Wildman–Crippen LogP) is 1.91. The van der Waals surface area contributed by atoms with Gasteiger partial charge >= 0.3 is 0 Å². The standard InChI is InChI=1S/C14H22N4O/c1-10(2)19-13-5-7-15-14(17-13)16-11-6-8-18(9-11)12-3-4-12/h5,7,10-12H,3-4,6,8-9H2,1-2H3,(H,15,16,17). The van der Waals surface area contributed by atoms with Gasteiger partial charge in [-0.05, 0) is 33.1 Å². The molecule has 0 bridgehead atoms. The molecule has 0 aromatic carbocycles. The first-order valence-corrected chi connectivity index (χ1v) is 7.21. The van der Waals surface area contributed by atoms with Crippen molar-refractivity contribution in [3.63, 3.8) is 0 Å². The molecule has 3 rings (SSSR count). The van der Waals surface area contributed by atoms with E-state index in [1.54, 1.807) is 12.3 Å². The van der Waals surface area contributed by atoms with Crippen LogP contribution in [0, 0.1) is 0 Å². The summed E-state index contributed by atoms with van der Waals surface area (Å²) in [6.45, 7) is 6.31. The fraction of sp³-hybridized carbons (Fsp3) is 0.714. The molecule has 0 amide bonds. The van der Waals surface area contributed by atoms with Crippen LogP contribution in [0.4, 0.5) is 5.95 Å². The van der Waals surface area contributed by atoms with Gasteiger partial charge in [-0.15, -0.1) is 0 Å². The maximum Gasteiger partial charge on any atom is 0.226 e. The Morgan fingerprint density at radius 2 is 2.21 bits per heavy atom. The van der Waals surface area contributed by atoms with Crippen LogP contribution in [-0.2, 0) is 0 Å². The first-order chi connectivity index (χ1) is 9.20. The number of nitrogens with one attached hydrogen (secondary N) is 1. The van der Waals surface area contributed by atoms with E-state index in [1.807, 2.05) is 13.8 Å². The van der Waals surface area contributed by atoms with Crippen LogP contribution in [0.25, 0.3) is 0 Å².